The van der Waals surface area contributed by atoms with Gasteiger partial charge in [0.25, 0.3) is 0 Å². The van der Waals surface area contributed by atoms with Crippen molar-refractivity contribution in [2.75, 3.05) is 21.3 Å². The van der Waals surface area contributed by atoms with Gasteiger partial charge in [-0.1, -0.05) is 61.5 Å². The molecule has 0 aliphatic carbocycles. The Morgan fingerprint density at radius 2 is 1.31 bits per heavy atom. The SMILES string of the molecule is COc1ccccc1-c1c(C(C)c2ccccc2)ccc(OC)c1OC. The van der Waals surface area contributed by atoms with Crippen LogP contribution in [0.15, 0.2) is 66.7 Å². The average Bonchev–Trinajstić information content (AvgIpc) is 2.72. The first-order valence-electron chi connectivity index (χ1n) is 8.64. The highest BCUT2D eigenvalue weighted by molar-refractivity contribution is 5.82. The van der Waals surface area contributed by atoms with E-state index in [9.17, 15) is 0 Å². The lowest BCUT2D eigenvalue weighted by Gasteiger charge is -2.22. The molecule has 3 aromatic carbocycles. The fraction of sp³-hybridized carbons (Fsp3) is 0.217. The van der Waals surface area contributed by atoms with Crippen molar-refractivity contribution in [3.05, 3.63) is 77.9 Å². The molecule has 0 saturated carbocycles. The van der Waals surface area contributed by atoms with Crippen LogP contribution in [0.4, 0.5) is 0 Å². The molecular weight excluding hydrogens is 324 g/mol. The topological polar surface area (TPSA) is 27.7 Å². The molecule has 3 rings (SSSR count). The van der Waals surface area contributed by atoms with Crippen molar-refractivity contribution in [2.45, 2.75) is 12.8 Å². The molecule has 0 fully saturated rings. The van der Waals surface area contributed by atoms with Crippen LogP contribution in [-0.4, -0.2) is 21.3 Å². The molecule has 0 aromatic heterocycles. The number of hydrogen-bond donors (Lipinski definition) is 0. The van der Waals surface area contributed by atoms with Crippen molar-refractivity contribution in [1.82, 2.24) is 0 Å². The predicted molar refractivity (Wildman–Crippen MR) is 105 cm³/mol. The first kappa shape index (κ1) is 17.9. The van der Waals surface area contributed by atoms with Crippen LogP contribution in [0.2, 0.25) is 0 Å². The molecular formula is C23H24O3. The van der Waals surface area contributed by atoms with Crippen molar-refractivity contribution in [1.29, 1.82) is 0 Å². The molecule has 3 heteroatoms. The van der Waals surface area contributed by atoms with Gasteiger partial charge in [-0.25, -0.2) is 0 Å². The third kappa shape index (κ3) is 3.25. The average molecular weight is 348 g/mol. The minimum atomic E-state index is 0.191. The number of para-hydroxylation sites is 1. The van der Waals surface area contributed by atoms with E-state index in [2.05, 4.69) is 43.3 Å². The van der Waals surface area contributed by atoms with E-state index in [0.29, 0.717) is 5.75 Å². The van der Waals surface area contributed by atoms with E-state index >= 15 is 0 Å². The summed E-state index contributed by atoms with van der Waals surface area (Å²) in [7, 11) is 5.02. The van der Waals surface area contributed by atoms with Crippen molar-refractivity contribution >= 4 is 0 Å². The van der Waals surface area contributed by atoms with Crippen LogP contribution in [0.1, 0.15) is 24.0 Å². The molecule has 0 spiro atoms. The van der Waals surface area contributed by atoms with Crippen LogP contribution in [0.25, 0.3) is 11.1 Å². The van der Waals surface area contributed by atoms with E-state index in [1.165, 1.54) is 11.1 Å². The lowest BCUT2D eigenvalue weighted by molar-refractivity contribution is 0.355. The second-order valence-electron chi connectivity index (χ2n) is 6.10. The summed E-state index contributed by atoms with van der Waals surface area (Å²) in [6, 6.07) is 22.5. The van der Waals surface area contributed by atoms with Crippen molar-refractivity contribution < 1.29 is 14.2 Å². The predicted octanol–water partition coefficient (Wildman–Crippen LogP) is 5.53. The molecule has 26 heavy (non-hydrogen) atoms. The molecule has 0 bridgehead atoms. The standard InChI is InChI=1S/C23H24O3/c1-16(17-10-6-5-7-11-17)18-14-15-21(25-3)23(26-4)22(18)19-12-8-9-13-20(19)24-2/h5-16H,1-4H3. The van der Waals surface area contributed by atoms with Crippen molar-refractivity contribution in [3.63, 3.8) is 0 Å². The fourth-order valence-corrected chi connectivity index (χ4v) is 3.35. The van der Waals surface area contributed by atoms with Gasteiger partial charge in [-0.05, 0) is 23.3 Å². The second kappa shape index (κ2) is 7.96. The summed E-state index contributed by atoms with van der Waals surface area (Å²) < 4.78 is 16.9. The second-order valence-corrected chi connectivity index (χ2v) is 6.10. The zero-order chi connectivity index (χ0) is 18.5. The Balaban J connectivity index is 2.28. The number of hydrogen-bond acceptors (Lipinski definition) is 3. The Hall–Kier alpha value is -2.94. The van der Waals surface area contributed by atoms with E-state index in [4.69, 9.17) is 14.2 Å². The molecule has 0 radical (unpaired) electrons. The Labute approximate surface area is 155 Å². The van der Waals surface area contributed by atoms with Crippen LogP contribution in [0.3, 0.4) is 0 Å². The van der Waals surface area contributed by atoms with Crippen molar-refractivity contribution in [2.24, 2.45) is 0 Å². The molecule has 1 atom stereocenters. The zero-order valence-electron chi connectivity index (χ0n) is 15.7. The molecule has 3 nitrogen and oxygen atoms in total. The molecule has 1 unspecified atom stereocenters. The highest BCUT2D eigenvalue weighted by atomic mass is 16.5. The minimum absolute atomic E-state index is 0.191. The van der Waals surface area contributed by atoms with E-state index < -0.39 is 0 Å². The largest absolute Gasteiger partial charge is 0.496 e. The third-order valence-corrected chi connectivity index (χ3v) is 4.72. The van der Waals surface area contributed by atoms with Crippen LogP contribution in [0.5, 0.6) is 17.2 Å². The van der Waals surface area contributed by atoms with E-state index in [-0.39, 0.29) is 5.92 Å². The van der Waals surface area contributed by atoms with Gasteiger partial charge in [0.1, 0.15) is 5.75 Å². The summed E-state index contributed by atoms with van der Waals surface area (Å²) in [4.78, 5) is 0. The molecule has 0 aliphatic rings. The van der Waals surface area contributed by atoms with E-state index in [0.717, 1.165) is 22.6 Å². The normalized spacial score (nSPS) is 11.7. The lowest BCUT2D eigenvalue weighted by atomic mass is 9.86. The van der Waals surface area contributed by atoms with Gasteiger partial charge in [-0.15, -0.1) is 0 Å². The van der Waals surface area contributed by atoms with Gasteiger partial charge in [-0.2, -0.15) is 0 Å². The molecule has 134 valence electrons. The highest BCUT2D eigenvalue weighted by Gasteiger charge is 2.23. The highest BCUT2D eigenvalue weighted by Crippen LogP contribution is 2.47. The molecule has 0 amide bonds. The molecule has 0 saturated heterocycles. The van der Waals surface area contributed by atoms with Gasteiger partial charge in [0, 0.05) is 17.0 Å². The summed E-state index contributed by atoms with van der Waals surface area (Å²) in [5, 5.41) is 0. The smallest absolute Gasteiger partial charge is 0.168 e. The van der Waals surface area contributed by atoms with Gasteiger partial charge < -0.3 is 14.2 Å². The maximum atomic E-state index is 5.77. The summed E-state index contributed by atoms with van der Waals surface area (Å²) in [6.45, 7) is 2.20. The van der Waals surface area contributed by atoms with Gasteiger partial charge in [0.15, 0.2) is 11.5 Å². The molecule has 0 aliphatic heterocycles. The number of rotatable bonds is 6. The number of ether oxygens (including phenoxy) is 3. The summed E-state index contributed by atoms with van der Waals surface area (Å²) in [5.74, 6) is 2.42. The van der Waals surface area contributed by atoms with Crippen LogP contribution >= 0.6 is 0 Å². The first-order valence-corrected chi connectivity index (χ1v) is 8.64. The monoisotopic (exact) mass is 348 g/mol. The zero-order valence-corrected chi connectivity index (χ0v) is 15.7. The fourth-order valence-electron chi connectivity index (χ4n) is 3.35. The third-order valence-electron chi connectivity index (χ3n) is 4.72. The van der Waals surface area contributed by atoms with Gasteiger partial charge in [0.2, 0.25) is 0 Å². The summed E-state index contributed by atoms with van der Waals surface area (Å²) in [5.41, 5.74) is 4.40. The van der Waals surface area contributed by atoms with Gasteiger partial charge >= 0.3 is 0 Å². The minimum Gasteiger partial charge on any atom is -0.496 e. The molecule has 0 heterocycles. The maximum absolute atomic E-state index is 5.77. The maximum Gasteiger partial charge on any atom is 0.168 e. The van der Waals surface area contributed by atoms with Crippen molar-refractivity contribution in [3.8, 4) is 28.4 Å². The Bertz CT molecular complexity index is 872. The molecule has 0 N–H and O–H groups in total. The van der Waals surface area contributed by atoms with E-state index in [1.807, 2.05) is 30.3 Å². The Kier molecular flexibility index (Phi) is 5.47. The van der Waals surface area contributed by atoms with Gasteiger partial charge in [0.05, 0.1) is 21.3 Å². The van der Waals surface area contributed by atoms with E-state index in [1.54, 1.807) is 21.3 Å². The van der Waals surface area contributed by atoms with Gasteiger partial charge in [-0.3, -0.25) is 0 Å². The Morgan fingerprint density at radius 1 is 0.654 bits per heavy atom. The van der Waals surface area contributed by atoms with Crippen LogP contribution in [0, 0.1) is 0 Å². The quantitative estimate of drug-likeness (QED) is 0.586. The Morgan fingerprint density at radius 3 is 1.96 bits per heavy atom. The summed E-state index contributed by atoms with van der Waals surface area (Å²) in [6.07, 6.45) is 0. The first-order chi connectivity index (χ1) is 12.7. The number of benzene rings is 3. The lowest BCUT2D eigenvalue weighted by Crippen LogP contribution is -2.03. The van der Waals surface area contributed by atoms with Crippen LogP contribution in [-0.2, 0) is 0 Å². The summed E-state index contributed by atoms with van der Waals surface area (Å²) >= 11 is 0. The molecule has 3 aromatic rings. The van der Waals surface area contributed by atoms with Crippen LogP contribution < -0.4 is 14.2 Å². The number of methoxy groups -OCH3 is 3.